The normalized spacial score (nSPS) is 11.7. The molecule has 0 nitrogen and oxygen atoms in total. The van der Waals surface area contributed by atoms with Crippen molar-refractivity contribution in [2.45, 2.75) is 0 Å². The Kier molecular flexibility index (Phi) is 5.93. The quantitative estimate of drug-likeness (QED) is 0.154. The molecule has 0 spiro atoms. The van der Waals surface area contributed by atoms with Crippen LogP contribution in [-0.4, -0.2) is 8.07 Å². The average Bonchev–Trinajstić information content (AvgIpc) is 2.91. The minimum absolute atomic E-state index is 1.09. The van der Waals surface area contributed by atoms with Crippen LogP contribution in [0.5, 0.6) is 0 Å². The van der Waals surface area contributed by atoms with E-state index in [1.165, 1.54) is 42.3 Å². The highest BCUT2D eigenvalue weighted by molar-refractivity contribution is 9.10. The molecule has 0 N–H and O–H groups in total. The van der Waals surface area contributed by atoms with E-state index in [1.807, 2.05) is 0 Å². The molecule has 0 aromatic heterocycles. The fourth-order valence-electron chi connectivity index (χ4n) is 5.34. The van der Waals surface area contributed by atoms with Crippen LogP contribution in [0, 0.1) is 0 Å². The Morgan fingerprint density at radius 3 is 1.57 bits per heavy atom. The number of rotatable bonds is 4. The van der Waals surface area contributed by atoms with Crippen LogP contribution in [0.2, 0.25) is 0 Å². The summed E-state index contributed by atoms with van der Waals surface area (Å²) in [6.45, 7) is 0. The van der Waals surface area contributed by atoms with Gasteiger partial charge in [0.15, 0.2) is 8.07 Å². The van der Waals surface area contributed by atoms with Crippen molar-refractivity contribution in [3.8, 4) is 0 Å². The molecule has 0 aliphatic carbocycles. The van der Waals surface area contributed by atoms with E-state index in [1.54, 1.807) is 0 Å². The minimum atomic E-state index is -2.67. The van der Waals surface area contributed by atoms with E-state index in [0.717, 1.165) is 8.95 Å². The zero-order valence-electron chi connectivity index (χ0n) is 19.0. The predicted molar refractivity (Wildman–Crippen MR) is 160 cm³/mol. The van der Waals surface area contributed by atoms with Crippen molar-refractivity contribution in [1.82, 2.24) is 0 Å². The van der Waals surface area contributed by atoms with Crippen molar-refractivity contribution in [3.63, 3.8) is 0 Å². The Morgan fingerprint density at radius 1 is 0.400 bits per heavy atom. The Hall–Kier alpha value is -2.98. The molecule has 6 aromatic rings. The molecule has 0 unspecified atom stereocenters. The summed E-state index contributed by atoms with van der Waals surface area (Å²) in [7, 11) is -2.67. The summed E-state index contributed by atoms with van der Waals surface area (Å²) >= 11 is 7.34. The second-order valence-electron chi connectivity index (χ2n) is 8.85. The number of hydrogen-bond donors (Lipinski definition) is 0. The van der Waals surface area contributed by atoms with Gasteiger partial charge in [-0.3, -0.25) is 0 Å². The van der Waals surface area contributed by atoms with Crippen LogP contribution in [0.15, 0.2) is 142 Å². The van der Waals surface area contributed by atoms with E-state index in [-0.39, 0.29) is 0 Å². The first-order valence-corrected chi connectivity index (χ1v) is 15.2. The van der Waals surface area contributed by atoms with Gasteiger partial charge >= 0.3 is 0 Å². The molecule has 0 radical (unpaired) electrons. The maximum atomic E-state index is 3.67. The van der Waals surface area contributed by atoms with Crippen molar-refractivity contribution in [2.75, 3.05) is 0 Å². The van der Waals surface area contributed by atoms with Gasteiger partial charge in [0.05, 0.1) is 0 Å². The van der Waals surface area contributed by atoms with Gasteiger partial charge in [-0.1, -0.05) is 141 Å². The van der Waals surface area contributed by atoms with Crippen LogP contribution < -0.4 is 20.7 Å². The van der Waals surface area contributed by atoms with Crippen LogP contribution in [0.3, 0.4) is 0 Å². The highest BCUT2D eigenvalue weighted by atomic mass is 79.9. The summed E-state index contributed by atoms with van der Waals surface area (Å²) in [6.07, 6.45) is 0. The summed E-state index contributed by atoms with van der Waals surface area (Å²) in [6, 6.07) is 49.3. The van der Waals surface area contributed by atoms with Crippen molar-refractivity contribution in [1.29, 1.82) is 0 Å². The summed E-state index contributed by atoms with van der Waals surface area (Å²) in [5.41, 5.74) is 0. The first-order chi connectivity index (χ1) is 17.2. The molecule has 0 bridgehead atoms. The third-order valence-electron chi connectivity index (χ3n) is 6.93. The van der Waals surface area contributed by atoms with Crippen LogP contribution in [-0.2, 0) is 0 Å². The third-order valence-corrected chi connectivity index (χ3v) is 12.8. The lowest BCUT2D eigenvalue weighted by atomic mass is 10.1. The van der Waals surface area contributed by atoms with E-state index < -0.39 is 8.07 Å². The van der Waals surface area contributed by atoms with Crippen LogP contribution in [0.4, 0.5) is 0 Å². The van der Waals surface area contributed by atoms with Gasteiger partial charge in [0.1, 0.15) is 0 Å². The predicted octanol–water partition coefficient (Wildman–Crippen LogP) is 6.90. The lowest BCUT2D eigenvalue weighted by molar-refractivity contribution is 1.64. The van der Waals surface area contributed by atoms with Gasteiger partial charge in [0.25, 0.3) is 0 Å². The van der Waals surface area contributed by atoms with Gasteiger partial charge in [-0.2, -0.15) is 0 Å². The first-order valence-electron chi connectivity index (χ1n) is 11.7. The molecule has 35 heavy (non-hydrogen) atoms. The molecule has 6 rings (SSSR count). The first kappa shape index (κ1) is 22.5. The Labute approximate surface area is 223 Å². The van der Waals surface area contributed by atoms with Gasteiger partial charge in [-0.05, 0) is 66.6 Å². The zero-order valence-corrected chi connectivity index (χ0v) is 23.1. The van der Waals surface area contributed by atoms with Crippen molar-refractivity contribution in [3.05, 3.63) is 142 Å². The molecule has 3 heteroatoms. The summed E-state index contributed by atoms with van der Waals surface area (Å²) < 4.78 is 2.19. The molecule has 0 atom stereocenters. The Bertz CT molecular complexity index is 1600. The molecule has 0 saturated heterocycles. The maximum Gasteiger partial charge on any atom is 0.180 e. The van der Waals surface area contributed by atoms with E-state index in [2.05, 4.69) is 165 Å². The highest BCUT2D eigenvalue weighted by Gasteiger charge is 2.42. The molecular formula is C32H22Br2Si. The molecule has 0 fully saturated rings. The molecule has 0 amide bonds. The number of hydrogen-bond acceptors (Lipinski definition) is 0. The second kappa shape index (κ2) is 9.23. The number of benzene rings is 6. The lowest BCUT2D eigenvalue weighted by Gasteiger charge is -2.35. The third kappa shape index (κ3) is 3.88. The molecule has 0 aliphatic heterocycles. The molecule has 6 aromatic carbocycles. The summed E-state index contributed by atoms with van der Waals surface area (Å²) in [5.74, 6) is 0. The number of fused-ring (bicyclic) bond motifs is 2. The standard InChI is InChI=1S/C32H22Br2Si/c33-26-13-18-28(19-14-26)35(29-20-15-27(34)16-21-29,30-17-12-23-6-1-2-8-25(23)22-30)32-11-5-9-24-7-3-4-10-31(24)32/h1-22H. The molecule has 0 saturated carbocycles. The summed E-state index contributed by atoms with van der Waals surface area (Å²) in [4.78, 5) is 0. The van der Waals surface area contributed by atoms with Crippen molar-refractivity contribution in [2.24, 2.45) is 0 Å². The topological polar surface area (TPSA) is 0 Å². The average molecular weight is 594 g/mol. The minimum Gasteiger partial charge on any atom is -0.0617 e. The highest BCUT2D eigenvalue weighted by Crippen LogP contribution is 2.21. The van der Waals surface area contributed by atoms with E-state index in [4.69, 9.17) is 0 Å². The fraction of sp³-hybridized carbons (Fsp3) is 0. The molecule has 0 aliphatic rings. The monoisotopic (exact) mass is 592 g/mol. The van der Waals surface area contributed by atoms with Gasteiger partial charge < -0.3 is 0 Å². The SMILES string of the molecule is Brc1ccc([Si](c2ccc(Br)cc2)(c2ccc3ccccc3c2)c2cccc3ccccc23)cc1. The van der Waals surface area contributed by atoms with Crippen molar-refractivity contribution >= 4 is 82.2 Å². The molecule has 0 heterocycles. The van der Waals surface area contributed by atoms with Gasteiger partial charge in [-0.25, -0.2) is 0 Å². The van der Waals surface area contributed by atoms with E-state index in [9.17, 15) is 0 Å². The van der Waals surface area contributed by atoms with Gasteiger partial charge in [0.2, 0.25) is 0 Å². The largest absolute Gasteiger partial charge is 0.180 e. The Morgan fingerprint density at radius 2 is 0.914 bits per heavy atom. The lowest BCUT2D eigenvalue weighted by Crippen LogP contribution is -2.74. The smallest absolute Gasteiger partial charge is 0.0617 e. The zero-order chi connectivity index (χ0) is 23.8. The molecule has 168 valence electrons. The van der Waals surface area contributed by atoms with Crippen LogP contribution in [0.25, 0.3) is 21.5 Å². The number of halogens is 2. The van der Waals surface area contributed by atoms with Gasteiger partial charge in [0, 0.05) is 8.95 Å². The van der Waals surface area contributed by atoms with E-state index >= 15 is 0 Å². The maximum absolute atomic E-state index is 3.67. The summed E-state index contributed by atoms with van der Waals surface area (Å²) in [5, 5.41) is 10.7. The van der Waals surface area contributed by atoms with Crippen LogP contribution >= 0.6 is 31.9 Å². The van der Waals surface area contributed by atoms with Crippen molar-refractivity contribution < 1.29 is 0 Å². The van der Waals surface area contributed by atoms with E-state index in [0.29, 0.717) is 0 Å². The Balaban J connectivity index is 1.81. The fourth-order valence-corrected chi connectivity index (χ4v) is 10.8. The molecular weight excluding hydrogens is 572 g/mol. The second-order valence-corrected chi connectivity index (χ2v) is 14.5. The van der Waals surface area contributed by atoms with Gasteiger partial charge in [-0.15, -0.1) is 0 Å². The van der Waals surface area contributed by atoms with Crippen LogP contribution in [0.1, 0.15) is 0 Å².